The van der Waals surface area contributed by atoms with Gasteiger partial charge in [-0.3, -0.25) is 9.59 Å². The average Bonchev–Trinajstić information content (AvgIpc) is 2.74. The van der Waals surface area contributed by atoms with E-state index >= 15 is 0 Å². The Balaban J connectivity index is 1.97. The first-order valence-corrected chi connectivity index (χ1v) is 5.85. The van der Waals surface area contributed by atoms with Crippen LogP contribution in [0.4, 0.5) is 5.69 Å². The number of esters is 1. The number of methoxy groups -OCH3 is 1. The topological polar surface area (TPSA) is 81.4 Å². The lowest BCUT2D eigenvalue weighted by Gasteiger charge is -2.09. The normalized spacial score (nSPS) is 14.9. The Bertz CT molecular complexity index is 485. The van der Waals surface area contributed by atoms with Crippen LogP contribution in [-0.4, -0.2) is 25.0 Å². The molecule has 18 heavy (non-hydrogen) atoms. The Hall–Kier alpha value is -1.88. The van der Waals surface area contributed by atoms with Gasteiger partial charge in [0.05, 0.1) is 13.5 Å². The summed E-state index contributed by atoms with van der Waals surface area (Å²) in [5, 5.41) is 2.78. The standard InChI is InChI=1S/C13H16N2O3/c1-18-13(17)10(14)4-2-8-3-5-11-9(6-8)7-12(16)15-11/h3,5-6,10H,2,4,7,14H2,1H3,(H,15,16). The molecule has 0 bridgehead atoms. The number of nitrogens with two attached hydrogens (primary N) is 1. The van der Waals surface area contributed by atoms with Gasteiger partial charge in [-0.05, 0) is 30.0 Å². The van der Waals surface area contributed by atoms with Crippen LogP contribution in [0.1, 0.15) is 17.5 Å². The molecule has 5 heteroatoms. The second-order valence-electron chi connectivity index (χ2n) is 4.38. The summed E-state index contributed by atoms with van der Waals surface area (Å²) < 4.78 is 4.57. The zero-order valence-corrected chi connectivity index (χ0v) is 10.2. The molecule has 1 aliphatic heterocycles. The fourth-order valence-electron chi connectivity index (χ4n) is 2.03. The minimum atomic E-state index is -0.594. The van der Waals surface area contributed by atoms with Crippen LogP contribution in [0, 0.1) is 0 Å². The number of hydrogen-bond donors (Lipinski definition) is 2. The summed E-state index contributed by atoms with van der Waals surface area (Å²) in [5.74, 6) is -0.374. The van der Waals surface area contributed by atoms with Gasteiger partial charge in [0.25, 0.3) is 0 Å². The molecular weight excluding hydrogens is 232 g/mol. The van der Waals surface area contributed by atoms with E-state index in [0.717, 1.165) is 16.8 Å². The van der Waals surface area contributed by atoms with Gasteiger partial charge in [0.1, 0.15) is 6.04 Å². The summed E-state index contributed by atoms with van der Waals surface area (Å²) in [7, 11) is 1.33. The first-order valence-electron chi connectivity index (χ1n) is 5.85. The van der Waals surface area contributed by atoms with Gasteiger partial charge in [-0.2, -0.15) is 0 Å². The van der Waals surface area contributed by atoms with Gasteiger partial charge in [0.15, 0.2) is 0 Å². The number of carbonyl (C=O) groups is 2. The molecule has 1 aromatic rings. The van der Waals surface area contributed by atoms with Crippen LogP contribution in [0.3, 0.4) is 0 Å². The molecule has 5 nitrogen and oxygen atoms in total. The number of nitrogens with one attached hydrogen (secondary N) is 1. The van der Waals surface area contributed by atoms with Crippen LogP contribution in [0.2, 0.25) is 0 Å². The number of benzene rings is 1. The van der Waals surface area contributed by atoms with Crippen molar-refractivity contribution in [3.63, 3.8) is 0 Å². The highest BCUT2D eigenvalue weighted by molar-refractivity contribution is 5.99. The van der Waals surface area contributed by atoms with E-state index < -0.39 is 12.0 Å². The molecule has 1 heterocycles. The van der Waals surface area contributed by atoms with Gasteiger partial charge in [0.2, 0.25) is 5.91 Å². The molecule has 0 saturated carbocycles. The van der Waals surface area contributed by atoms with E-state index in [9.17, 15) is 9.59 Å². The van der Waals surface area contributed by atoms with Crippen molar-refractivity contribution in [2.24, 2.45) is 5.73 Å². The molecule has 0 aliphatic carbocycles. The number of carbonyl (C=O) groups excluding carboxylic acids is 2. The lowest BCUT2D eigenvalue weighted by molar-refractivity contribution is -0.142. The van der Waals surface area contributed by atoms with Crippen molar-refractivity contribution in [3.8, 4) is 0 Å². The molecule has 3 N–H and O–H groups in total. The number of hydrogen-bond acceptors (Lipinski definition) is 4. The largest absolute Gasteiger partial charge is 0.468 e. The Morgan fingerprint density at radius 2 is 2.33 bits per heavy atom. The number of anilines is 1. The first-order chi connectivity index (χ1) is 8.60. The van der Waals surface area contributed by atoms with Crippen LogP contribution >= 0.6 is 0 Å². The molecule has 2 rings (SSSR count). The number of aryl methyl sites for hydroxylation is 1. The Labute approximate surface area is 105 Å². The first kappa shape index (κ1) is 12.6. The maximum Gasteiger partial charge on any atom is 0.322 e. The molecule has 1 unspecified atom stereocenters. The van der Waals surface area contributed by atoms with Crippen molar-refractivity contribution in [2.45, 2.75) is 25.3 Å². The van der Waals surface area contributed by atoms with Crippen molar-refractivity contribution in [1.29, 1.82) is 0 Å². The third-order valence-electron chi connectivity index (χ3n) is 3.04. The summed E-state index contributed by atoms with van der Waals surface area (Å²) in [6, 6.07) is 5.22. The summed E-state index contributed by atoms with van der Waals surface area (Å²) in [4.78, 5) is 22.4. The average molecular weight is 248 g/mol. The minimum absolute atomic E-state index is 0.0217. The van der Waals surface area contributed by atoms with Crippen molar-refractivity contribution in [3.05, 3.63) is 29.3 Å². The number of ether oxygens (including phenoxy) is 1. The van der Waals surface area contributed by atoms with Crippen molar-refractivity contribution < 1.29 is 14.3 Å². The Kier molecular flexibility index (Phi) is 3.62. The summed E-state index contributed by atoms with van der Waals surface area (Å²) in [6.45, 7) is 0. The molecule has 1 amide bonds. The van der Waals surface area contributed by atoms with Crippen molar-refractivity contribution in [1.82, 2.24) is 0 Å². The van der Waals surface area contributed by atoms with Gasteiger partial charge in [0, 0.05) is 5.69 Å². The van der Waals surface area contributed by atoms with Crippen LogP contribution in [0.15, 0.2) is 18.2 Å². The monoisotopic (exact) mass is 248 g/mol. The predicted octanol–water partition coefficient (Wildman–Crippen LogP) is 0.614. The van der Waals surface area contributed by atoms with E-state index in [1.165, 1.54) is 7.11 Å². The molecule has 0 spiro atoms. The lowest BCUT2D eigenvalue weighted by Crippen LogP contribution is -2.31. The maximum absolute atomic E-state index is 11.2. The molecule has 0 radical (unpaired) electrons. The van der Waals surface area contributed by atoms with E-state index in [1.54, 1.807) is 0 Å². The van der Waals surface area contributed by atoms with E-state index in [2.05, 4.69) is 10.1 Å². The Morgan fingerprint density at radius 3 is 3.06 bits per heavy atom. The molecular formula is C13H16N2O3. The third-order valence-corrected chi connectivity index (χ3v) is 3.04. The van der Waals surface area contributed by atoms with Gasteiger partial charge >= 0.3 is 5.97 Å². The molecule has 96 valence electrons. The van der Waals surface area contributed by atoms with Gasteiger partial charge in [-0.1, -0.05) is 12.1 Å². The highest BCUT2D eigenvalue weighted by Crippen LogP contribution is 2.24. The van der Waals surface area contributed by atoms with E-state index in [0.29, 0.717) is 19.3 Å². The zero-order chi connectivity index (χ0) is 13.1. The minimum Gasteiger partial charge on any atom is -0.468 e. The molecule has 0 aromatic heterocycles. The zero-order valence-electron chi connectivity index (χ0n) is 10.2. The number of amides is 1. The fraction of sp³-hybridized carbons (Fsp3) is 0.385. The molecule has 1 aliphatic rings. The summed E-state index contributed by atoms with van der Waals surface area (Å²) in [6.07, 6.45) is 1.65. The fourth-order valence-corrected chi connectivity index (χ4v) is 2.03. The van der Waals surface area contributed by atoms with Gasteiger partial charge < -0.3 is 15.8 Å². The van der Waals surface area contributed by atoms with Crippen molar-refractivity contribution >= 4 is 17.6 Å². The highest BCUT2D eigenvalue weighted by Gasteiger charge is 2.18. The van der Waals surface area contributed by atoms with E-state index in [1.807, 2.05) is 18.2 Å². The molecule has 0 saturated heterocycles. The molecule has 1 aromatic carbocycles. The van der Waals surface area contributed by atoms with E-state index in [-0.39, 0.29) is 5.91 Å². The molecule has 1 atom stereocenters. The van der Waals surface area contributed by atoms with Gasteiger partial charge in [-0.15, -0.1) is 0 Å². The van der Waals surface area contributed by atoms with E-state index in [4.69, 9.17) is 5.73 Å². The van der Waals surface area contributed by atoms with Crippen molar-refractivity contribution in [2.75, 3.05) is 12.4 Å². The predicted molar refractivity (Wildman–Crippen MR) is 67.1 cm³/mol. The smallest absolute Gasteiger partial charge is 0.322 e. The summed E-state index contributed by atoms with van der Waals surface area (Å²) >= 11 is 0. The SMILES string of the molecule is COC(=O)C(N)CCc1ccc2c(c1)CC(=O)N2. The van der Waals surface area contributed by atoms with Gasteiger partial charge in [-0.25, -0.2) is 0 Å². The van der Waals surface area contributed by atoms with Crippen LogP contribution < -0.4 is 11.1 Å². The second kappa shape index (κ2) is 5.18. The Morgan fingerprint density at radius 1 is 1.56 bits per heavy atom. The quantitative estimate of drug-likeness (QED) is 0.765. The summed E-state index contributed by atoms with van der Waals surface area (Å²) in [5.41, 5.74) is 8.62. The second-order valence-corrected chi connectivity index (χ2v) is 4.38. The van der Waals surface area contributed by atoms with Crippen LogP contribution in [0.5, 0.6) is 0 Å². The number of rotatable bonds is 4. The van der Waals surface area contributed by atoms with Crippen LogP contribution in [-0.2, 0) is 27.2 Å². The highest BCUT2D eigenvalue weighted by atomic mass is 16.5. The third kappa shape index (κ3) is 2.68. The lowest BCUT2D eigenvalue weighted by atomic mass is 10.0. The maximum atomic E-state index is 11.2. The molecule has 0 fully saturated rings. The number of fused-ring (bicyclic) bond motifs is 1. The van der Waals surface area contributed by atoms with Crippen LogP contribution in [0.25, 0.3) is 0 Å².